The molecule has 2 aromatic rings. The zero-order chi connectivity index (χ0) is 26.6. The molecule has 1 amide bonds. The monoisotopic (exact) mass is 539 g/mol. The van der Waals surface area contributed by atoms with Crippen LogP contribution in [0.4, 0.5) is 0 Å². The highest BCUT2D eigenvalue weighted by Gasteiger charge is 2.32. The molecule has 1 aliphatic carbocycles. The van der Waals surface area contributed by atoms with E-state index in [2.05, 4.69) is 59.6 Å². The molecular formula is C31H49N5OS. The van der Waals surface area contributed by atoms with Crippen molar-refractivity contribution in [1.29, 1.82) is 0 Å². The lowest BCUT2D eigenvalue weighted by Gasteiger charge is -2.32. The molecule has 0 aromatic carbocycles. The number of likely N-dealkylation sites (N-methyl/N-ethyl adjacent to an activating group) is 1. The van der Waals surface area contributed by atoms with Crippen LogP contribution in [0.15, 0.2) is 12.1 Å². The minimum absolute atomic E-state index is 0.131. The van der Waals surface area contributed by atoms with E-state index in [1.807, 2.05) is 11.3 Å². The van der Waals surface area contributed by atoms with Crippen LogP contribution in [0, 0.1) is 19.8 Å². The second-order valence-corrected chi connectivity index (χ2v) is 13.5. The maximum Gasteiger partial charge on any atom is 0.223 e. The molecule has 3 atom stereocenters. The molecule has 1 saturated carbocycles. The molecule has 7 heteroatoms. The lowest BCUT2D eigenvalue weighted by molar-refractivity contribution is -0.126. The van der Waals surface area contributed by atoms with Gasteiger partial charge in [-0.05, 0) is 84.5 Å². The fourth-order valence-electron chi connectivity index (χ4n) is 7.26. The van der Waals surface area contributed by atoms with Crippen molar-refractivity contribution in [2.45, 2.75) is 116 Å². The smallest absolute Gasteiger partial charge is 0.223 e. The maximum absolute atomic E-state index is 13.2. The third-order valence-corrected chi connectivity index (χ3v) is 10.5. The van der Waals surface area contributed by atoms with E-state index in [0.717, 1.165) is 51.7 Å². The number of thiophene rings is 1. The van der Waals surface area contributed by atoms with E-state index in [4.69, 9.17) is 4.98 Å². The second-order valence-electron chi connectivity index (χ2n) is 12.2. The summed E-state index contributed by atoms with van der Waals surface area (Å²) >= 11 is 1.85. The Labute approximate surface area is 234 Å². The Hall–Kier alpha value is -1.70. The summed E-state index contributed by atoms with van der Waals surface area (Å²) in [6.45, 7) is 11.1. The molecule has 5 rings (SSSR count). The van der Waals surface area contributed by atoms with Gasteiger partial charge in [-0.1, -0.05) is 26.2 Å². The zero-order valence-electron chi connectivity index (χ0n) is 24.2. The van der Waals surface area contributed by atoms with Crippen molar-refractivity contribution in [3.63, 3.8) is 0 Å². The standard InChI is InChI=1S/C31H49N5OS/c1-5-25(36-23(3)32-28-21-34(4)18-16-29(28)36)20-26-12-9-17-35(26)19-15-27(30-14-13-22(2)38-30)33-31(37)24-10-7-6-8-11-24/h13-14,24-27H,5-12,15-21H2,1-4H3,(H,33,37). The van der Waals surface area contributed by atoms with E-state index in [1.165, 1.54) is 72.0 Å². The molecule has 3 unspecified atom stereocenters. The van der Waals surface area contributed by atoms with Crippen molar-refractivity contribution in [1.82, 2.24) is 24.7 Å². The first-order valence-corrected chi connectivity index (χ1v) is 16.1. The Morgan fingerprint density at radius 2 is 1.95 bits per heavy atom. The number of hydrogen-bond donors (Lipinski definition) is 1. The number of carbonyl (C=O) groups is 1. The molecule has 4 heterocycles. The number of aromatic nitrogens is 2. The molecule has 0 spiro atoms. The number of likely N-dealkylation sites (tertiary alicyclic amines) is 1. The first-order chi connectivity index (χ1) is 18.4. The Balaban J connectivity index is 1.24. The molecule has 210 valence electrons. The van der Waals surface area contributed by atoms with Gasteiger partial charge in [-0.15, -0.1) is 11.3 Å². The van der Waals surface area contributed by atoms with E-state index in [-0.39, 0.29) is 17.9 Å². The highest BCUT2D eigenvalue weighted by molar-refractivity contribution is 7.12. The number of imidazole rings is 1. The summed E-state index contributed by atoms with van der Waals surface area (Å²) in [6.07, 6.45) is 12.8. The summed E-state index contributed by atoms with van der Waals surface area (Å²) in [5, 5.41) is 3.50. The molecule has 2 aromatic heterocycles. The molecule has 2 fully saturated rings. The Morgan fingerprint density at radius 1 is 1.13 bits per heavy atom. The number of nitrogens with zero attached hydrogens (tertiary/aromatic N) is 4. The number of aryl methyl sites for hydroxylation is 2. The quantitative estimate of drug-likeness (QED) is 0.392. The Kier molecular flexibility index (Phi) is 9.27. The lowest BCUT2D eigenvalue weighted by atomic mass is 9.88. The van der Waals surface area contributed by atoms with Gasteiger partial charge < -0.3 is 19.7 Å². The summed E-state index contributed by atoms with van der Waals surface area (Å²) in [6, 6.07) is 5.70. The highest BCUT2D eigenvalue weighted by atomic mass is 32.1. The van der Waals surface area contributed by atoms with Crippen LogP contribution in [-0.4, -0.2) is 58.0 Å². The average Bonchev–Trinajstić information content (AvgIpc) is 3.63. The third-order valence-electron chi connectivity index (χ3n) is 9.40. The molecule has 38 heavy (non-hydrogen) atoms. The van der Waals surface area contributed by atoms with E-state index < -0.39 is 0 Å². The molecule has 6 nitrogen and oxygen atoms in total. The van der Waals surface area contributed by atoms with Crippen LogP contribution in [0.1, 0.15) is 110 Å². The largest absolute Gasteiger partial charge is 0.348 e. The average molecular weight is 540 g/mol. The highest BCUT2D eigenvalue weighted by Crippen LogP contribution is 2.34. The fourth-order valence-corrected chi connectivity index (χ4v) is 8.22. The van der Waals surface area contributed by atoms with Crippen LogP contribution >= 0.6 is 11.3 Å². The van der Waals surface area contributed by atoms with E-state index in [0.29, 0.717) is 12.1 Å². The van der Waals surface area contributed by atoms with Crippen LogP contribution in [-0.2, 0) is 17.8 Å². The van der Waals surface area contributed by atoms with Crippen molar-refractivity contribution in [2.24, 2.45) is 5.92 Å². The first kappa shape index (κ1) is 27.9. The molecule has 1 saturated heterocycles. The van der Waals surface area contributed by atoms with Crippen LogP contribution in [0.2, 0.25) is 0 Å². The molecule has 1 N–H and O–H groups in total. The van der Waals surface area contributed by atoms with E-state index >= 15 is 0 Å². The van der Waals surface area contributed by atoms with Crippen molar-refractivity contribution in [2.75, 3.05) is 26.7 Å². The van der Waals surface area contributed by atoms with Gasteiger partial charge in [0.15, 0.2) is 0 Å². The van der Waals surface area contributed by atoms with Gasteiger partial charge in [-0.25, -0.2) is 4.98 Å². The summed E-state index contributed by atoms with van der Waals surface area (Å²) in [4.78, 5) is 26.0. The third kappa shape index (κ3) is 6.37. The number of amides is 1. The van der Waals surface area contributed by atoms with Gasteiger partial charge in [0, 0.05) is 59.5 Å². The van der Waals surface area contributed by atoms with Gasteiger partial charge in [0.2, 0.25) is 5.91 Å². The van der Waals surface area contributed by atoms with Crippen LogP contribution in [0.5, 0.6) is 0 Å². The summed E-state index contributed by atoms with van der Waals surface area (Å²) in [5.41, 5.74) is 2.77. The SMILES string of the molecule is CCC(CC1CCCN1CCC(NC(=O)C1CCCCC1)c1ccc(C)s1)n1c(C)nc2c1CCN(C)C2. The topological polar surface area (TPSA) is 53.4 Å². The molecule has 2 aliphatic heterocycles. The van der Waals surface area contributed by atoms with Gasteiger partial charge in [-0.2, -0.15) is 0 Å². The van der Waals surface area contributed by atoms with Crippen LogP contribution in [0.25, 0.3) is 0 Å². The van der Waals surface area contributed by atoms with Crippen LogP contribution < -0.4 is 5.32 Å². The second kappa shape index (κ2) is 12.6. The molecule has 0 bridgehead atoms. The maximum atomic E-state index is 13.2. The first-order valence-electron chi connectivity index (χ1n) is 15.3. The number of hydrogen-bond acceptors (Lipinski definition) is 5. The Bertz CT molecular complexity index is 1070. The number of carbonyl (C=O) groups excluding carboxylic acids is 1. The number of rotatable bonds is 10. The predicted molar refractivity (Wildman–Crippen MR) is 157 cm³/mol. The minimum atomic E-state index is 0.131. The van der Waals surface area contributed by atoms with E-state index in [9.17, 15) is 4.79 Å². The van der Waals surface area contributed by atoms with Gasteiger partial charge in [0.05, 0.1) is 11.7 Å². The van der Waals surface area contributed by atoms with Gasteiger partial charge >= 0.3 is 0 Å². The van der Waals surface area contributed by atoms with Crippen LogP contribution in [0.3, 0.4) is 0 Å². The van der Waals surface area contributed by atoms with E-state index in [1.54, 1.807) is 0 Å². The molecule has 0 radical (unpaired) electrons. The molecular weight excluding hydrogens is 490 g/mol. The van der Waals surface area contributed by atoms with Gasteiger partial charge in [0.25, 0.3) is 0 Å². The zero-order valence-corrected chi connectivity index (χ0v) is 25.0. The summed E-state index contributed by atoms with van der Waals surface area (Å²) < 4.78 is 2.60. The number of fused-ring (bicyclic) bond motifs is 1. The van der Waals surface area contributed by atoms with Gasteiger partial charge in [-0.3, -0.25) is 4.79 Å². The van der Waals surface area contributed by atoms with Crippen molar-refractivity contribution >= 4 is 17.2 Å². The van der Waals surface area contributed by atoms with Gasteiger partial charge in [0.1, 0.15) is 5.82 Å². The van der Waals surface area contributed by atoms with Crippen molar-refractivity contribution < 1.29 is 4.79 Å². The normalized spacial score (nSPS) is 22.9. The lowest BCUT2D eigenvalue weighted by Crippen LogP contribution is -2.38. The molecule has 3 aliphatic rings. The predicted octanol–water partition coefficient (Wildman–Crippen LogP) is 6.18. The minimum Gasteiger partial charge on any atom is -0.348 e. The fraction of sp³-hybridized carbons (Fsp3) is 0.742. The van der Waals surface area contributed by atoms with Crippen molar-refractivity contribution in [3.8, 4) is 0 Å². The summed E-state index contributed by atoms with van der Waals surface area (Å²) in [5.74, 6) is 1.69. The van der Waals surface area contributed by atoms with Crippen molar-refractivity contribution in [3.05, 3.63) is 39.1 Å². The Morgan fingerprint density at radius 3 is 2.68 bits per heavy atom. The number of nitrogens with one attached hydrogen (secondary N) is 1. The summed E-state index contributed by atoms with van der Waals surface area (Å²) in [7, 11) is 2.20.